The third kappa shape index (κ3) is 6.27. The summed E-state index contributed by atoms with van der Waals surface area (Å²) in [6.07, 6.45) is 0.723. The number of likely N-dealkylation sites (tertiary alicyclic amines) is 1. The van der Waals surface area contributed by atoms with E-state index < -0.39 is 34.6 Å². The van der Waals surface area contributed by atoms with E-state index in [-0.39, 0.29) is 25.7 Å². The van der Waals surface area contributed by atoms with Crippen LogP contribution in [0.25, 0.3) is 0 Å². The summed E-state index contributed by atoms with van der Waals surface area (Å²) in [4.78, 5) is 54.6. The van der Waals surface area contributed by atoms with Crippen molar-refractivity contribution in [1.82, 2.24) is 15.1 Å². The molecule has 0 atom stereocenters. The zero-order chi connectivity index (χ0) is 29.3. The van der Waals surface area contributed by atoms with E-state index in [2.05, 4.69) is 10.2 Å². The molecule has 0 aliphatic carbocycles. The van der Waals surface area contributed by atoms with Crippen LogP contribution in [0.4, 0.5) is 4.79 Å². The average Bonchev–Trinajstić information content (AvgIpc) is 3.08. The Labute approximate surface area is 243 Å². The van der Waals surface area contributed by atoms with Crippen molar-refractivity contribution in [1.29, 1.82) is 0 Å². The first-order valence-corrected chi connectivity index (χ1v) is 13.8. The Morgan fingerprint density at radius 1 is 0.775 bits per heavy atom. The average molecular weight is 591 g/mol. The highest BCUT2D eigenvalue weighted by atomic mass is 35.5. The highest BCUT2D eigenvalue weighted by Gasteiger charge is 2.61. The molecule has 2 aliphatic rings. The number of urea groups is 1. The molecule has 3 amide bonds. The fourth-order valence-corrected chi connectivity index (χ4v) is 6.32. The number of halogens is 2. The molecule has 214 valence electrons. The van der Waals surface area contributed by atoms with Crippen molar-refractivity contribution in [2.75, 3.05) is 26.3 Å². The molecule has 2 aromatic carbocycles. The second-order valence-electron chi connectivity index (χ2n) is 11.4. The summed E-state index contributed by atoms with van der Waals surface area (Å²) in [5.41, 5.74) is -1.39. The van der Waals surface area contributed by atoms with Crippen LogP contribution in [0.1, 0.15) is 61.3 Å². The molecule has 1 N–H and O–H groups in total. The Morgan fingerprint density at radius 2 is 1.20 bits per heavy atom. The van der Waals surface area contributed by atoms with Gasteiger partial charge < -0.3 is 14.8 Å². The van der Waals surface area contributed by atoms with Gasteiger partial charge in [0, 0.05) is 27.7 Å². The molecular formula is C29H33Cl2N3O6. The second-order valence-corrected chi connectivity index (χ2v) is 12.3. The number of ether oxygens (including phenoxy) is 2. The molecule has 0 unspecified atom stereocenters. The van der Waals surface area contributed by atoms with Crippen LogP contribution >= 0.6 is 23.2 Å². The fraction of sp³-hybridized carbons (Fsp3) is 0.448. The maximum atomic E-state index is 13.6. The zero-order valence-electron chi connectivity index (χ0n) is 23.0. The summed E-state index contributed by atoms with van der Waals surface area (Å²) in [6.45, 7) is 8.44. The molecule has 4 rings (SSSR count). The number of piperidine rings is 1. The van der Waals surface area contributed by atoms with Gasteiger partial charge in [-0.3, -0.25) is 14.6 Å². The van der Waals surface area contributed by atoms with Gasteiger partial charge in [0.1, 0.15) is 18.8 Å². The first-order chi connectivity index (χ1) is 18.7. The summed E-state index contributed by atoms with van der Waals surface area (Å²) in [5, 5.41) is 3.97. The van der Waals surface area contributed by atoms with E-state index in [1.165, 1.54) is 0 Å². The summed E-state index contributed by atoms with van der Waals surface area (Å²) in [6, 6.07) is 12.2. The van der Waals surface area contributed by atoms with E-state index >= 15 is 0 Å². The van der Waals surface area contributed by atoms with Gasteiger partial charge in [-0.2, -0.15) is 0 Å². The minimum atomic E-state index is -1.10. The van der Waals surface area contributed by atoms with Gasteiger partial charge >= 0.3 is 18.0 Å². The van der Waals surface area contributed by atoms with Crippen molar-refractivity contribution in [3.05, 3.63) is 69.7 Å². The second kappa shape index (κ2) is 11.4. The highest BCUT2D eigenvalue weighted by molar-refractivity contribution is 6.31. The molecule has 2 aromatic rings. The number of esters is 2. The van der Waals surface area contributed by atoms with Crippen LogP contribution in [-0.2, 0) is 14.3 Å². The Hall–Kier alpha value is -3.14. The van der Waals surface area contributed by atoms with Gasteiger partial charge in [-0.15, -0.1) is 0 Å². The first-order valence-electron chi connectivity index (χ1n) is 13.0. The zero-order valence-corrected chi connectivity index (χ0v) is 24.5. The minimum absolute atomic E-state index is 0.0586. The van der Waals surface area contributed by atoms with Crippen molar-refractivity contribution >= 4 is 47.1 Å². The Bertz CT molecular complexity index is 1280. The van der Waals surface area contributed by atoms with E-state index in [0.29, 0.717) is 40.6 Å². The summed E-state index contributed by atoms with van der Waals surface area (Å²) in [5.74, 6) is -1.34. The smallest absolute Gasteiger partial charge is 0.338 e. The largest absolute Gasteiger partial charge is 0.461 e. The predicted molar refractivity (Wildman–Crippen MR) is 151 cm³/mol. The lowest BCUT2D eigenvalue weighted by atomic mass is 9.69. The SMILES string of the molecule is CC1(C)CC2(CC(C)(C)N1CCOC(=O)c1ccc(Cl)cc1)NC(=O)N(CCOC(=O)c1ccc(Cl)cc1)C2=O. The van der Waals surface area contributed by atoms with Gasteiger partial charge in [-0.1, -0.05) is 23.2 Å². The number of amides is 3. The topological polar surface area (TPSA) is 105 Å². The van der Waals surface area contributed by atoms with Crippen molar-refractivity contribution in [3.63, 3.8) is 0 Å². The van der Waals surface area contributed by atoms with Gasteiger partial charge in [0.15, 0.2) is 0 Å². The molecule has 9 nitrogen and oxygen atoms in total. The van der Waals surface area contributed by atoms with Gasteiger partial charge in [0.2, 0.25) is 0 Å². The molecule has 40 heavy (non-hydrogen) atoms. The molecule has 1 spiro atoms. The van der Waals surface area contributed by atoms with Crippen LogP contribution < -0.4 is 5.32 Å². The Morgan fingerprint density at radius 3 is 1.65 bits per heavy atom. The van der Waals surface area contributed by atoms with Crippen molar-refractivity contribution < 1.29 is 28.7 Å². The quantitative estimate of drug-likeness (QED) is 0.343. The summed E-state index contributed by atoms with van der Waals surface area (Å²) < 4.78 is 10.8. The first kappa shape index (κ1) is 29.8. The molecule has 2 aliphatic heterocycles. The molecule has 0 radical (unpaired) electrons. The number of rotatable bonds is 8. The molecule has 0 bridgehead atoms. The Balaban J connectivity index is 1.36. The number of nitrogens with zero attached hydrogens (tertiary/aromatic N) is 2. The van der Waals surface area contributed by atoms with E-state index in [9.17, 15) is 19.2 Å². The monoisotopic (exact) mass is 589 g/mol. The molecular weight excluding hydrogens is 557 g/mol. The number of hydrogen-bond acceptors (Lipinski definition) is 7. The van der Waals surface area contributed by atoms with Crippen molar-refractivity contribution in [2.45, 2.75) is 57.2 Å². The minimum Gasteiger partial charge on any atom is -0.461 e. The van der Waals surface area contributed by atoms with Crippen LogP contribution in [0.5, 0.6) is 0 Å². The van der Waals surface area contributed by atoms with Crippen molar-refractivity contribution in [3.8, 4) is 0 Å². The van der Waals surface area contributed by atoms with E-state index in [0.717, 1.165) is 4.90 Å². The normalized spacial score (nSPS) is 19.4. The third-order valence-electron chi connectivity index (χ3n) is 7.43. The van der Waals surface area contributed by atoms with Crippen LogP contribution in [-0.4, -0.2) is 76.6 Å². The maximum Gasteiger partial charge on any atom is 0.338 e. The van der Waals surface area contributed by atoms with E-state index in [4.69, 9.17) is 32.7 Å². The lowest BCUT2D eigenvalue weighted by Gasteiger charge is -2.57. The van der Waals surface area contributed by atoms with Crippen molar-refractivity contribution in [2.24, 2.45) is 0 Å². The fourth-order valence-electron chi connectivity index (χ4n) is 6.07. The van der Waals surface area contributed by atoms with Crippen LogP contribution in [0.3, 0.4) is 0 Å². The number of benzene rings is 2. The molecule has 0 saturated carbocycles. The van der Waals surface area contributed by atoms with Gasteiger partial charge in [-0.25, -0.2) is 14.4 Å². The van der Waals surface area contributed by atoms with Gasteiger partial charge in [0.05, 0.1) is 17.7 Å². The van der Waals surface area contributed by atoms with Gasteiger partial charge in [0.25, 0.3) is 5.91 Å². The van der Waals surface area contributed by atoms with E-state index in [1.807, 2.05) is 27.7 Å². The molecule has 11 heteroatoms. The standard InChI is InChI=1S/C29H33Cl2N3O6/c1-27(2)17-29(18-28(3,4)34(27)14-16-40-24(36)20-7-11-22(31)12-8-20)25(37)33(26(38)32-29)13-15-39-23(35)19-5-9-21(30)10-6-19/h5-12H,13-18H2,1-4H3,(H,32,38). The van der Waals surface area contributed by atoms with Crippen LogP contribution in [0.15, 0.2) is 48.5 Å². The lowest BCUT2D eigenvalue weighted by molar-refractivity contribution is -0.141. The number of carbonyl (C=O) groups excluding carboxylic acids is 4. The van der Waals surface area contributed by atoms with Gasteiger partial charge in [-0.05, 0) is 89.1 Å². The molecule has 2 saturated heterocycles. The number of nitrogens with one attached hydrogen (secondary N) is 1. The lowest BCUT2D eigenvalue weighted by Crippen LogP contribution is -2.70. The third-order valence-corrected chi connectivity index (χ3v) is 7.94. The predicted octanol–water partition coefficient (Wildman–Crippen LogP) is 4.95. The maximum absolute atomic E-state index is 13.6. The summed E-state index contributed by atoms with van der Waals surface area (Å²) in [7, 11) is 0. The van der Waals surface area contributed by atoms with Crippen LogP contribution in [0.2, 0.25) is 10.0 Å². The van der Waals surface area contributed by atoms with E-state index in [1.54, 1.807) is 48.5 Å². The number of carbonyl (C=O) groups is 4. The molecule has 2 heterocycles. The molecule has 2 fully saturated rings. The van der Waals surface area contributed by atoms with Crippen LogP contribution in [0, 0.1) is 0 Å². The number of imide groups is 1. The molecule has 0 aromatic heterocycles. The highest BCUT2D eigenvalue weighted by Crippen LogP contribution is 2.45. The number of hydrogen-bond donors (Lipinski definition) is 1. The summed E-state index contributed by atoms with van der Waals surface area (Å²) >= 11 is 11.8. The Kier molecular flexibility index (Phi) is 8.49.